The van der Waals surface area contributed by atoms with Gasteiger partial charge in [-0.1, -0.05) is 13.2 Å². The molecule has 0 aromatic heterocycles. The van der Waals surface area contributed by atoms with Crippen molar-refractivity contribution in [3.63, 3.8) is 0 Å². The second-order valence-corrected chi connectivity index (χ2v) is 5.07. The van der Waals surface area contributed by atoms with Crippen molar-refractivity contribution < 1.29 is 14.5 Å². The number of nitro groups is 1. The molecular weight excluding hydrogens is 264 g/mol. The number of hydrogen-bond acceptors (Lipinski definition) is 5. The van der Waals surface area contributed by atoms with Crippen LogP contribution in [0.4, 0.5) is 0 Å². The highest BCUT2D eigenvalue weighted by Crippen LogP contribution is 2.26. The lowest BCUT2D eigenvalue weighted by atomic mass is 9.93. The fourth-order valence-electron chi connectivity index (χ4n) is 2.73. The first-order valence-corrected chi connectivity index (χ1v) is 6.11. The Kier molecular flexibility index (Phi) is 3.58. The Balaban J connectivity index is 2.28. The van der Waals surface area contributed by atoms with Gasteiger partial charge >= 0.3 is 0 Å². The topological polar surface area (TPSA) is 87.0 Å². The monoisotopic (exact) mass is 280 g/mol. The molecule has 0 spiro atoms. The molecule has 2 aliphatic rings. The first-order valence-electron chi connectivity index (χ1n) is 6.11. The minimum atomic E-state index is -1.35. The summed E-state index contributed by atoms with van der Waals surface area (Å²) in [5, 5.41) is 11.5. The van der Waals surface area contributed by atoms with Crippen LogP contribution in [-0.2, 0) is 9.59 Å². The molecule has 0 saturated carbocycles. The third-order valence-corrected chi connectivity index (χ3v) is 3.59. The van der Waals surface area contributed by atoms with Crippen LogP contribution in [0.5, 0.6) is 0 Å². The summed E-state index contributed by atoms with van der Waals surface area (Å²) in [5.41, 5.74) is -1.35. The summed E-state index contributed by atoms with van der Waals surface area (Å²) < 4.78 is 0. The molecule has 2 saturated heterocycles. The van der Waals surface area contributed by atoms with Crippen molar-refractivity contribution in [3.05, 3.63) is 35.4 Å². The smallest absolute Gasteiger partial charge is 0.269 e. The van der Waals surface area contributed by atoms with Crippen molar-refractivity contribution in [3.8, 4) is 0 Å². The zero-order valence-electron chi connectivity index (χ0n) is 11.0. The molecule has 0 N–H and O–H groups in total. The van der Waals surface area contributed by atoms with Crippen LogP contribution in [0.15, 0.2) is 25.3 Å². The zero-order valence-corrected chi connectivity index (χ0v) is 11.0. The number of fused-ring (bicyclic) bond motifs is 2. The van der Waals surface area contributed by atoms with Crippen molar-refractivity contribution in [2.45, 2.75) is 5.54 Å². The maximum absolute atomic E-state index is 11.7. The van der Waals surface area contributed by atoms with E-state index in [4.69, 9.17) is 0 Å². The molecule has 0 radical (unpaired) electrons. The van der Waals surface area contributed by atoms with Crippen LogP contribution in [0.25, 0.3) is 0 Å². The van der Waals surface area contributed by atoms with Crippen molar-refractivity contribution >= 4 is 11.8 Å². The van der Waals surface area contributed by atoms with E-state index in [9.17, 15) is 19.7 Å². The second kappa shape index (κ2) is 5.04. The molecular formula is C12H16N4O4. The summed E-state index contributed by atoms with van der Waals surface area (Å²) in [4.78, 5) is 38.9. The number of nitrogens with zero attached hydrogens (tertiary/aromatic N) is 4. The van der Waals surface area contributed by atoms with Crippen LogP contribution in [0.1, 0.15) is 0 Å². The molecule has 2 fully saturated rings. The maximum atomic E-state index is 11.7. The van der Waals surface area contributed by atoms with Gasteiger partial charge < -0.3 is 9.80 Å². The largest absolute Gasteiger partial charge is 0.319 e. The third-order valence-electron chi connectivity index (χ3n) is 3.59. The minimum absolute atomic E-state index is 0.0255. The summed E-state index contributed by atoms with van der Waals surface area (Å²) in [5.74, 6) is -0.686. The van der Waals surface area contributed by atoms with Gasteiger partial charge in [-0.15, -0.1) is 0 Å². The highest BCUT2D eigenvalue weighted by Gasteiger charge is 2.55. The number of amides is 2. The average molecular weight is 280 g/mol. The highest BCUT2D eigenvalue weighted by atomic mass is 16.6. The van der Waals surface area contributed by atoms with E-state index < -0.39 is 10.5 Å². The number of hydrogen-bond donors (Lipinski definition) is 0. The van der Waals surface area contributed by atoms with E-state index in [1.807, 2.05) is 0 Å². The molecule has 2 rings (SSSR count). The molecule has 2 aliphatic heterocycles. The first kappa shape index (κ1) is 14.2. The van der Waals surface area contributed by atoms with Gasteiger partial charge in [0.1, 0.15) is 0 Å². The van der Waals surface area contributed by atoms with Crippen molar-refractivity contribution in [1.29, 1.82) is 0 Å². The summed E-state index contributed by atoms with van der Waals surface area (Å²) in [6.07, 6.45) is 2.28. The van der Waals surface area contributed by atoms with Gasteiger partial charge in [-0.3, -0.25) is 24.6 Å². The van der Waals surface area contributed by atoms with Crippen LogP contribution < -0.4 is 0 Å². The summed E-state index contributed by atoms with van der Waals surface area (Å²) in [6, 6.07) is 0. The van der Waals surface area contributed by atoms with Gasteiger partial charge in [-0.05, 0) is 12.2 Å². The van der Waals surface area contributed by atoms with Gasteiger partial charge in [0.25, 0.3) is 5.54 Å². The molecule has 0 aliphatic carbocycles. The number of carbonyl (C=O) groups is 2. The molecule has 0 unspecified atom stereocenters. The van der Waals surface area contributed by atoms with E-state index in [2.05, 4.69) is 13.2 Å². The fraction of sp³-hybridized carbons (Fsp3) is 0.500. The minimum Gasteiger partial charge on any atom is -0.319 e. The molecule has 0 aromatic carbocycles. The number of rotatable bonds is 3. The predicted octanol–water partition coefficient (Wildman–Crippen LogP) is -0.725. The van der Waals surface area contributed by atoms with Gasteiger partial charge in [0.15, 0.2) is 0 Å². The molecule has 2 bridgehead atoms. The Hall–Kier alpha value is -2.22. The van der Waals surface area contributed by atoms with Crippen molar-refractivity contribution in [2.75, 3.05) is 33.0 Å². The van der Waals surface area contributed by atoms with E-state index >= 15 is 0 Å². The van der Waals surface area contributed by atoms with Gasteiger partial charge in [0.05, 0.1) is 33.0 Å². The molecule has 2 amide bonds. The van der Waals surface area contributed by atoms with Crippen molar-refractivity contribution in [1.82, 2.24) is 14.7 Å². The summed E-state index contributed by atoms with van der Waals surface area (Å²) >= 11 is 0. The van der Waals surface area contributed by atoms with Crippen LogP contribution >= 0.6 is 0 Å². The molecule has 20 heavy (non-hydrogen) atoms. The molecule has 8 nitrogen and oxygen atoms in total. The first-order chi connectivity index (χ1) is 9.41. The van der Waals surface area contributed by atoms with Crippen molar-refractivity contribution in [2.24, 2.45) is 0 Å². The lowest BCUT2D eigenvalue weighted by molar-refractivity contribution is -0.579. The SMILES string of the molecule is C=CC(=O)N1CN2CN(C(=O)C=C)CC([N+](=O)[O-])(C2)C1. The van der Waals surface area contributed by atoms with E-state index in [1.54, 1.807) is 4.90 Å². The molecule has 0 atom stereocenters. The van der Waals surface area contributed by atoms with Crippen LogP contribution in [0, 0.1) is 10.1 Å². The fourth-order valence-corrected chi connectivity index (χ4v) is 2.73. The Morgan fingerprint density at radius 2 is 1.50 bits per heavy atom. The predicted molar refractivity (Wildman–Crippen MR) is 70.0 cm³/mol. The van der Waals surface area contributed by atoms with Crippen LogP contribution in [0.2, 0.25) is 0 Å². The Labute approximate surface area is 116 Å². The number of carbonyl (C=O) groups excluding carboxylic acids is 2. The van der Waals surface area contributed by atoms with E-state index in [1.165, 1.54) is 9.80 Å². The molecule has 108 valence electrons. The second-order valence-electron chi connectivity index (χ2n) is 5.07. The maximum Gasteiger partial charge on any atom is 0.269 e. The van der Waals surface area contributed by atoms with E-state index in [0.717, 1.165) is 12.2 Å². The zero-order chi connectivity index (χ0) is 14.9. The lowest BCUT2D eigenvalue weighted by Crippen LogP contribution is -2.73. The Morgan fingerprint density at radius 1 is 1.05 bits per heavy atom. The van der Waals surface area contributed by atoms with Crippen LogP contribution in [-0.4, -0.2) is 69.9 Å². The Bertz CT molecular complexity index is 458. The Morgan fingerprint density at radius 3 is 1.85 bits per heavy atom. The molecule has 2 heterocycles. The highest BCUT2D eigenvalue weighted by molar-refractivity contribution is 5.88. The summed E-state index contributed by atoms with van der Waals surface area (Å²) in [6.45, 7) is 7.47. The lowest BCUT2D eigenvalue weighted by Gasteiger charge is -2.49. The molecule has 8 heteroatoms. The van der Waals surface area contributed by atoms with Crippen LogP contribution in [0.3, 0.4) is 0 Å². The van der Waals surface area contributed by atoms with Gasteiger partial charge in [-0.25, -0.2) is 0 Å². The van der Waals surface area contributed by atoms with E-state index in [0.29, 0.717) is 0 Å². The standard InChI is InChI=1S/C12H16N4O4/c1-3-10(17)14-6-12(16(19)20)5-13(8-14)9-15(7-12)11(18)4-2/h3-4H,1-2,5-9H2. The average Bonchev–Trinajstić information content (AvgIpc) is 2.44. The quantitative estimate of drug-likeness (QED) is 0.386. The normalized spacial score (nSPS) is 28.7. The van der Waals surface area contributed by atoms with Gasteiger partial charge in [0.2, 0.25) is 11.8 Å². The summed E-state index contributed by atoms with van der Waals surface area (Å²) in [7, 11) is 0. The van der Waals surface area contributed by atoms with Gasteiger partial charge in [0, 0.05) is 4.92 Å². The third kappa shape index (κ3) is 2.29. The molecule has 0 aromatic rings. The van der Waals surface area contributed by atoms with Gasteiger partial charge in [-0.2, -0.15) is 0 Å². The van der Waals surface area contributed by atoms with E-state index in [-0.39, 0.29) is 44.8 Å².